The molecule has 1 saturated carbocycles. The molecule has 0 radical (unpaired) electrons. The molecule has 0 bridgehead atoms. The maximum atomic E-state index is 13.5. The van der Waals surface area contributed by atoms with Gasteiger partial charge in [-0.25, -0.2) is 4.39 Å². The van der Waals surface area contributed by atoms with Gasteiger partial charge in [0, 0.05) is 42.4 Å². The number of likely N-dealkylation sites (tertiary alicyclic amines) is 1. The monoisotopic (exact) mass is 543 g/mol. The van der Waals surface area contributed by atoms with E-state index in [1.807, 2.05) is 24.3 Å². The van der Waals surface area contributed by atoms with Crippen molar-refractivity contribution >= 4 is 34.2 Å². The first-order chi connectivity index (χ1) is 19.5. The summed E-state index contributed by atoms with van der Waals surface area (Å²) >= 11 is 0. The van der Waals surface area contributed by atoms with Gasteiger partial charge in [-0.15, -0.1) is 0 Å². The van der Waals surface area contributed by atoms with Crippen molar-refractivity contribution in [2.45, 2.75) is 62.8 Å². The summed E-state index contributed by atoms with van der Waals surface area (Å²) in [5, 5.41) is 4.00. The SMILES string of the molecule is O=C1CCC(N2C(=O)c3ccc(OC4CCCC[C@@H]4N4CC(Oc5cccc(F)c5)C4)c4cccc2c34)C(=O)N1. The van der Waals surface area contributed by atoms with Crippen molar-refractivity contribution in [2.75, 3.05) is 18.0 Å². The number of anilines is 1. The van der Waals surface area contributed by atoms with Gasteiger partial charge in [-0.05, 0) is 56.0 Å². The zero-order valence-electron chi connectivity index (χ0n) is 22.0. The number of ether oxygens (including phenoxy) is 2. The maximum Gasteiger partial charge on any atom is 0.259 e. The third-order valence-electron chi connectivity index (χ3n) is 8.60. The topological polar surface area (TPSA) is 88.2 Å². The van der Waals surface area contributed by atoms with Crippen molar-refractivity contribution in [3.63, 3.8) is 0 Å². The Hall–Kier alpha value is -3.98. The highest BCUT2D eigenvalue weighted by atomic mass is 19.1. The molecule has 1 aliphatic carbocycles. The van der Waals surface area contributed by atoms with Gasteiger partial charge in [0.2, 0.25) is 11.8 Å². The number of amides is 3. The predicted molar refractivity (Wildman–Crippen MR) is 146 cm³/mol. The standard InChI is InChI=1S/C31H30FN3O5/c32-18-5-3-6-19(15-18)39-20-16-34(17-20)23-8-1-2-10-27(23)40-26-13-11-22-29-21(26)7-4-9-24(29)35(31(22)38)25-12-14-28(36)33-30(25)37/h3-7,9,11,13,15,20,23,25,27H,1-2,8,10,12,14,16-17H2,(H,33,36,37)/t23-,25?,27?/m0/s1. The lowest BCUT2D eigenvalue weighted by Crippen LogP contribution is -2.62. The number of nitrogens with zero attached hydrogens (tertiary/aromatic N) is 2. The quantitative estimate of drug-likeness (QED) is 0.469. The van der Waals surface area contributed by atoms with Crippen LogP contribution in [-0.4, -0.2) is 60.0 Å². The molecule has 4 aliphatic rings. The van der Waals surface area contributed by atoms with Crippen LogP contribution >= 0.6 is 0 Å². The van der Waals surface area contributed by atoms with Crippen molar-refractivity contribution in [1.82, 2.24) is 10.2 Å². The van der Waals surface area contributed by atoms with Gasteiger partial charge in [0.1, 0.15) is 35.6 Å². The molecule has 7 rings (SSSR count). The molecule has 2 saturated heterocycles. The van der Waals surface area contributed by atoms with Crippen molar-refractivity contribution in [2.24, 2.45) is 0 Å². The Kier molecular flexibility index (Phi) is 6.19. The summed E-state index contributed by atoms with van der Waals surface area (Å²) in [6.45, 7) is 1.53. The van der Waals surface area contributed by atoms with Crippen LogP contribution in [0.5, 0.6) is 11.5 Å². The van der Waals surface area contributed by atoms with Gasteiger partial charge in [-0.1, -0.05) is 24.6 Å². The minimum absolute atomic E-state index is 0.00994. The van der Waals surface area contributed by atoms with E-state index >= 15 is 0 Å². The third-order valence-corrected chi connectivity index (χ3v) is 8.60. The van der Waals surface area contributed by atoms with Gasteiger partial charge in [0.25, 0.3) is 5.91 Å². The van der Waals surface area contributed by atoms with Crippen LogP contribution in [0.25, 0.3) is 10.8 Å². The number of imide groups is 1. The lowest BCUT2D eigenvalue weighted by atomic mass is 9.89. The Bertz CT molecular complexity index is 1520. The van der Waals surface area contributed by atoms with Gasteiger partial charge in [-0.2, -0.15) is 0 Å². The molecule has 3 amide bonds. The molecule has 1 N–H and O–H groups in total. The molecule has 3 heterocycles. The smallest absolute Gasteiger partial charge is 0.259 e. The molecule has 40 heavy (non-hydrogen) atoms. The summed E-state index contributed by atoms with van der Waals surface area (Å²) in [6, 6.07) is 15.1. The fraction of sp³-hybridized carbons (Fsp3) is 0.387. The molecule has 2 unspecified atom stereocenters. The number of hydrogen-bond acceptors (Lipinski definition) is 6. The van der Waals surface area contributed by atoms with E-state index < -0.39 is 11.9 Å². The normalized spacial score (nSPS) is 25.2. The lowest BCUT2D eigenvalue weighted by molar-refractivity contribution is -0.134. The summed E-state index contributed by atoms with van der Waals surface area (Å²) in [5.74, 6) is -0.00615. The minimum atomic E-state index is -0.718. The summed E-state index contributed by atoms with van der Waals surface area (Å²) in [7, 11) is 0. The van der Waals surface area contributed by atoms with Crippen molar-refractivity contribution in [3.8, 4) is 11.5 Å². The minimum Gasteiger partial charge on any atom is -0.488 e. The molecule has 3 aliphatic heterocycles. The highest BCUT2D eigenvalue weighted by Gasteiger charge is 2.42. The van der Waals surface area contributed by atoms with E-state index in [0.29, 0.717) is 23.4 Å². The second-order valence-corrected chi connectivity index (χ2v) is 11.1. The third kappa shape index (κ3) is 4.29. The van der Waals surface area contributed by atoms with Crippen LogP contribution in [0, 0.1) is 5.82 Å². The Labute approximate surface area is 231 Å². The summed E-state index contributed by atoms with van der Waals surface area (Å²) in [4.78, 5) is 41.7. The van der Waals surface area contributed by atoms with Gasteiger partial charge >= 0.3 is 0 Å². The second kappa shape index (κ2) is 9.89. The number of halogens is 1. The fourth-order valence-corrected chi connectivity index (χ4v) is 6.66. The average molecular weight is 544 g/mol. The molecule has 8 nitrogen and oxygen atoms in total. The molecule has 3 aromatic carbocycles. The number of rotatable bonds is 6. The van der Waals surface area contributed by atoms with E-state index in [1.54, 1.807) is 18.2 Å². The van der Waals surface area contributed by atoms with E-state index in [0.717, 1.165) is 55.3 Å². The van der Waals surface area contributed by atoms with Gasteiger partial charge in [-0.3, -0.25) is 29.5 Å². The lowest BCUT2D eigenvalue weighted by Gasteiger charge is -2.47. The number of nitrogens with one attached hydrogen (secondary N) is 1. The van der Waals surface area contributed by atoms with Crippen LogP contribution in [0.2, 0.25) is 0 Å². The average Bonchev–Trinajstić information content (AvgIpc) is 3.20. The first-order valence-corrected chi connectivity index (χ1v) is 14.0. The molecule has 206 valence electrons. The largest absolute Gasteiger partial charge is 0.488 e. The zero-order chi connectivity index (χ0) is 27.4. The zero-order valence-corrected chi connectivity index (χ0v) is 22.0. The Morgan fingerprint density at radius 2 is 1.73 bits per heavy atom. The van der Waals surface area contributed by atoms with Gasteiger partial charge < -0.3 is 9.47 Å². The number of carbonyl (C=O) groups excluding carboxylic acids is 3. The van der Waals surface area contributed by atoms with E-state index in [2.05, 4.69) is 10.2 Å². The molecule has 9 heteroatoms. The Morgan fingerprint density at radius 1 is 0.900 bits per heavy atom. The van der Waals surface area contributed by atoms with Crippen LogP contribution in [-0.2, 0) is 9.59 Å². The molecule has 3 aromatic rings. The molecular formula is C31H30FN3O5. The number of piperidine rings is 1. The van der Waals surface area contributed by atoms with Gasteiger partial charge in [0.15, 0.2) is 0 Å². The van der Waals surface area contributed by atoms with E-state index in [-0.39, 0.29) is 42.3 Å². The van der Waals surface area contributed by atoms with Gasteiger partial charge in [0.05, 0.1) is 11.3 Å². The molecular weight excluding hydrogens is 513 g/mol. The summed E-state index contributed by atoms with van der Waals surface area (Å²) < 4.78 is 26.2. The fourth-order valence-electron chi connectivity index (χ4n) is 6.66. The first kappa shape index (κ1) is 25.0. The maximum absolute atomic E-state index is 13.5. The molecule has 3 fully saturated rings. The number of carbonyl (C=O) groups is 3. The van der Waals surface area contributed by atoms with E-state index in [9.17, 15) is 18.8 Å². The highest BCUT2D eigenvalue weighted by molar-refractivity contribution is 6.27. The Morgan fingerprint density at radius 3 is 2.55 bits per heavy atom. The van der Waals surface area contributed by atoms with Crippen LogP contribution in [0.15, 0.2) is 54.6 Å². The molecule has 0 aromatic heterocycles. The molecule has 3 atom stereocenters. The molecule has 0 spiro atoms. The number of benzene rings is 3. The number of hydrogen-bond donors (Lipinski definition) is 1. The Balaban J connectivity index is 1.10. The van der Waals surface area contributed by atoms with Crippen molar-refractivity contribution < 1.29 is 28.2 Å². The van der Waals surface area contributed by atoms with Crippen LogP contribution in [0.1, 0.15) is 48.9 Å². The summed E-state index contributed by atoms with van der Waals surface area (Å²) in [5.41, 5.74) is 1.22. The van der Waals surface area contributed by atoms with E-state index in [1.165, 1.54) is 17.0 Å². The van der Waals surface area contributed by atoms with Crippen LogP contribution in [0.4, 0.5) is 10.1 Å². The van der Waals surface area contributed by atoms with E-state index in [4.69, 9.17) is 9.47 Å². The highest BCUT2D eigenvalue weighted by Crippen LogP contribution is 2.44. The second-order valence-electron chi connectivity index (χ2n) is 11.1. The first-order valence-electron chi connectivity index (χ1n) is 14.0. The summed E-state index contributed by atoms with van der Waals surface area (Å²) in [6.07, 6.45) is 4.69. The van der Waals surface area contributed by atoms with Crippen molar-refractivity contribution in [3.05, 3.63) is 66.0 Å². The van der Waals surface area contributed by atoms with Crippen molar-refractivity contribution in [1.29, 1.82) is 0 Å². The van der Waals surface area contributed by atoms with Crippen LogP contribution < -0.4 is 19.7 Å². The van der Waals surface area contributed by atoms with Crippen LogP contribution in [0.3, 0.4) is 0 Å². The predicted octanol–water partition coefficient (Wildman–Crippen LogP) is 4.20.